The molecular formula is C18H36O5Si. The van der Waals surface area contributed by atoms with Crippen LogP contribution in [0.5, 0.6) is 0 Å². The molecular weight excluding hydrogens is 324 g/mol. The van der Waals surface area contributed by atoms with Gasteiger partial charge in [-0.25, -0.2) is 4.79 Å². The molecule has 0 amide bonds. The molecule has 24 heavy (non-hydrogen) atoms. The number of esters is 1. The monoisotopic (exact) mass is 360 g/mol. The molecule has 0 N–H and O–H groups in total. The van der Waals surface area contributed by atoms with Crippen LogP contribution in [0.1, 0.15) is 64.7 Å². The molecule has 0 aliphatic heterocycles. The lowest BCUT2D eigenvalue weighted by molar-refractivity contribution is -0.137. The Bertz CT molecular complexity index is 323. The highest BCUT2D eigenvalue weighted by Crippen LogP contribution is 2.33. The van der Waals surface area contributed by atoms with Gasteiger partial charge in [-0.05, 0) is 12.8 Å². The molecule has 0 radical (unpaired) electrons. The zero-order valence-electron chi connectivity index (χ0n) is 16.0. The Kier molecular flexibility index (Phi) is 14.2. The number of ether oxygens (including phenoxy) is 1. The van der Waals surface area contributed by atoms with Crippen LogP contribution in [0.3, 0.4) is 0 Å². The van der Waals surface area contributed by atoms with E-state index in [4.69, 9.17) is 18.0 Å². The summed E-state index contributed by atoms with van der Waals surface area (Å²) in [6.45, 7) is 5.97. The van der Waals surface area contributed by atoms with E-state index in [2.05, 4.69) is 13.5 Å². The molecule has 0 heterocycles. The Morgan fingerprint density at radius 2 is 1.50 bits per heavy atom. The van der Waals surface area contributed by atoms with E-state index >= 15 is 0 Å². The van der Waals surface area contributed by atoms with Crippen molar-refractivity contribution >= 4 is 14.8 Å². The van der Waals surface area contributed by atoms with Crippen molar-refractivity contribution in [2.45, 2.75) is 70.3 Å². The molecule has 0 aliphatic rings. The van der Waals surface area contributed by atoms with Gasteiger partial charge in [-0.2, -0.15) is 0 Å². The smallest absolute Gasteiger partial charge is 0.463 e. The van der Waals surface area contributed by atoms with E-state index < -0.39 is 14.8 Å². The summed E-state index contributed by atoms with van der Waals surface area (Å²) in [6, 6.07) is 0. The highest BCUT2D eigenvalue weighted by molar-refractivity contribution is 6.62. The number of carbonyl (C=O) groups excluding carboxylic acids is 1. The van der Waals surface area contributed by atoms with Gasteiger partial charge in [0, 0.05) is 32.9 Å². The molecule has 5 nitrogen and oxygen atoms in total. The van der Waals surface area contributed by atoms with Crippen molar-refractivity contribution in [1.82, 2.24) is 0 Å². The number of hydrogen-bond acceptors (Lipinski definition) is 5. The number of unbranched alkanes of at least 4 members (excludes halogenated alkanes) is 6. The molecule has 0 saturated carbocycles. The highest BCUT2D eigenvalue weighted by Gasteiger charge is 2.46. The summed E-state index contributed by atoms with van der Waals surface area (Å²) in [4.78, 5) is 11.2. The van der Waals surface area contributed by atoms with Gasteiger partial charge in [-0.15, -0.1) is 0 Å². The summed E-state index contributed by atoms with van der Waals surface area (Å²) in [6.07, 6.45) is 11.6. The zero-order chi connectivity index (χ0) is 18.3. The quantitative estimate of drug-likeness (QED) is 0.176. The molecule has 1 unspecified atom stereocenters. The number of hydrogen-bond donors (Lipinski definition) is 0. The molecule has 0 aromatic rings. The van der Waals surface area contributed by atoms with E-state index in [1.54, 1.807) is 21.3 Å². The third-order valence-corrected chi connectivity index (χ3v) is 7.67. The van der Waals surface area contributed by atoms with Gasteiger partial charge in [-0.1, -0.05) is 58.4 Å². The van der Waals surface area contributed by atoms with Gasteiger partial charge in [0.2, 0.25) is 0 Å². The van der Waals surface area contributed by atoms with Gasteiger partial charge in [-0.3, -0.25) is 0 Å². The second-order valence-corrected chi connectivity index (χ2v) is 9.23. The first-order valence-corrected chi connectivity index (χ1v) is 10.8. The summed E-state index contributed by atoms with van der Waals surface area (Å²) < 4.78 is 22.0. The van der Waals surface area contributed by atoms with Crippen LogP contribution in [-0.2, 0) is 22.8 Å². The van der Waals surface area contributed by atoms with E-state index in [9.17, 15) is 4.79 Å². The van der Waals surface area contributed by atoms with Crippen molar-refractivity contribution in [3.8, 4) is 0 Å². The molecule has 0 bridgehead atoms. The molecule has 0 aromatic carbocycles. The van der Waals surface area contributed by atoms with Crippen LogP contribution in [0.2, 0.25) is 5.54 Å². The maximum atomic E-state index is 11.2. The summed E-state index contributed by atoms with van der Waals surface area (Å²) in [7, 11) is 2.17. The van der Waals surface area contributed by atoms with Crippen LogP contribution in [0, 0.1) is 0 Å². The van der Waals surface area contributed by atoms with Gasteiger partial charge < -0.3 is 18.0 Å². The predicted molar refractivity (Wildman–Crippen MR) is 98.9 cm³/mol. The average molecular weight is 361 g/mol. The molecule has 6 heteroatoms. The Morgan fingerprint density at radius 3 is 2.00 bits per heavy atom. The van der Waals surface area contributed by atoms with Gasteiger partial charge in [0.05, 0.1) is 6.61 Å². The van der Waals surface area contributed by atoms with Crippen LogP contribution in [0.4, 0.5) is 0 Å². The predicted octanol–water partition coefficient (Wildman–Crippen LogP) is 4.49. The molecule has 142 valence electrons. The van der Waals surface area contributed by atoms with Gasteiger partial charge >= 0.3 is 14.8 Å². The standard InChI is InChI=1S/C18H36O5Si/c1-6-8-9-10-11-12-13-14-17(15-16-23-18(19)7-2)24(20-3,21-4)22-5/h7,17H,2,6,8-16H2,1,3-5H3. The summed E-state index contributed by atoms with van der Waals surface area (Å²) >= 11 is 0. The fraction of sp³-hybridized carbons (Fsp3) is 0.833. The Labute approximate surface area is 149 Å². The maximum Gasteiger partial charge on any atom is 0.503 e. The normalized spacial score (nSPS) is 12.8. The van der Waals surface area contributed by atoms with E-state index in [0.717, 1.165) is 12.8 Å². The lowest BCUT2D eigenvalue weighted by Gasteiger charge is -2.32. The first-order chi connectivity index (χ1) is 11.6. The fourth-order valence-electron chi connectivity index (χ4n) is 2.96. The topological polar surface area (TPSA) is 54.0 Å². The first-order valence-electron chi connectivity index (χ1n) is 9.04. The van der Waals surface area contributed by atoms with Crippen LogP contribution < -0.4 is 0 Å². The van der Waals surface area contributed by atoms with Crippen LogP contribution in [-0.4, -0.2) is 42.7 Å². The van der Waals surface area contributed by atoms with E-state index in [0.29, 0.717) is 13.0 Å². The van der Waals surface area contributed by atoms with Crippen molar-refractivity contribution in [3.05, 3.63) is 12.7 Å². The van der Waals surface area contributed by atoms with Crippen molar-refractivity contribution in [1.29, 1.82) is 0 Å². The minimum atomic E-state index is -2.73. The second kappa shape index (κ2) is 14.6. The summed E-state index contributed by atoms with van der Waals surface area (Å²) in [5.74, 6) is -0.399. The molecule has 0 aromatic heterocycles. The van der Waals surface area contributed by atoms with Crippen molar-refractivity contribution in [2.24, 2.45) is 0 Å². The average Bonchev–Trinajstić information content (AvgIpc) is 2.61. The first kappa shape index (κ1) is 23.3. The molecule has 0 saturated heterocycles. The Morgan fingerprint density at radius 1 is 0.958 bits per heavy atom. The van der Waals surface area contributed by atoms with Gasteiger partial charge in [0.15, 0.2) is 0 Å². The summed E-state index contributed by atoms with van der Waals surface area (Å²) in [5.41, 5.74) is 0.130. The van der Waals surface area contributed by atoms with Gasteiger partial charge in [0.1, 0.15) is 0 Å². The lowest BCUT2D eigenvalue weighted by atomic mass is 10.1. The van der Waals surface area contributed by atoms with Crippen LogP contribution in [0.25, 0.3) is 0 Å². The number of rotatable bonds is 16. The third-order valence-electron chi connectivity index (χ3n) is 4.39. The molecule has 0 aliphatic carbocycles. The molecule has 0 spiro atoms. The third kappa shape index (κ3) is 8.96. The second-order valence-electron chi connectivity index (χ2n) is 5.98. The van der Waals surface area contributed by atoms with Crippen molar-refractivity contribution in [3.63, 3.8) is 0 Å². The fourth-order valence-corrected chi connectivity index (χ4v) is 5.49. The SMILES string of the molecule is C=CC(=O)OCCC(CCCCCCCCC)[Si](OC)(OC)OC. The highest BCUT2D eigenvalue weighted by atomic mass is 28.4. The van der Waals surface area contributed by atoms with Crippen LogP contribution in [0.15, 0.2) is 12.7 Å². The lowest BCUT2D eigenvalue weighted by Crippen LogP contribution is -2.48. The van der Waals surface area contributed by atoms with Crippen molar-refractivity contribution < 1.29 is 22.8 Å². The Hall–Kier alpha value is -0.693. The minimum absolute atomic E-state index is 0.130. The molecule has 1 atom stereocenters. The van der Waals surface area contributed by atoms with Crippen LogP contribution >= 0.6 is 0 Å². The maximum absolute atomic E-state index is 11.2. The summed E-state index contributed by atoms with van der Waals surface area (Å²) in [5, 5.41) is 0. The van der Waals surface area contributed by atoms with E-state index in [-0.39, 0.29) is 5.54 Å². The minimum Gasteiger partial charge on any atom is -0.463 e. The van der Waals surface area contributed by atoms with E-state index in [1.165, 1.54) is 44.6 Å². The Balaban J connectivity index is 4.41. The zero-order valence-corrected chi connectivity index (χ0v) is 17.0. The number of carbonyl (C=O) groups is 1. The van der Waals surface area contributed by atoms with Crippen molar-refractivity contribution in [2.75, 3.05) is 27.9 Å². The molecule has 0 rings (SSSR count). The van der Waals surface area contributed by atoms with E-state index in [1.807, 2.05) is 0 Å². The largest absolute Gasteiger partial charge is 0.503 e. The molecule has 0 fully saturated rings. The van der Waals surface area contributed by atoms with Gasteiger partial charge in [0.25, 0.3) is 0 Å².